The molecular formula is C37H29N3O4S3. The number of thiophene rings is 1. The number of nitrogens with two attached hydrogens (primary N) is 1. The average molecular weight is 676 g/mol. The Morgan fingerprint density at radius 1 is 0.936 bits per heavy atom. The van der Waals surface area contributed by atoms with Crippen LogP contribution in [0.1, 0.15) is 25.3 Å². The average Bonchev–Trinajstić information content (AvgIpc) is 3.76. The van der Waals surface area contributed by atoms with E-state index in [0.29, 0.717) is 22.3 Å². The molecule has 0 aliphatic rings. The zero-order chi connectivity index (χ0) is 35.1. The Kier molecular flexibility index (Phi) is 18.5. The van der Waals surface area contributed by atoms with E-state index in [1.807, 2.05) is 42.6 Å². The number of nitrogen functional groups attached to an aromatic ring is 1. The van der Waals surface area contributed by atoms with Gasteiger partial charge in [-0.15, -0.1) is 22.7 Å². The van der Waals surface area contributed by atoms with E-state index in [0.717, 1.165) is 39.5 Å². The van der Waals surface area contributed by atoms with Crippen molar-refractivity contribution in [1.29, 1.82) is 0 Å². The monoisotopic (exact) mass is 675 g/mol. The number of fused-ring (bicyclic) bond motifs is 1. The molecule has 0 radical (unpaired) electrons. The standard InChI is InChI=1S/C21H21N3O3S3.C8H4.C7H4.CO/c1-2-3-10-30(26,27)21-18(22)17-15(14-6-4-13(12-25)5-7-14)11-16(24-20(17)29-21)19-23-8-9-28-19;1-3-5-7-8-6-4-2;1-3-5-7-6-4-2;1-2/h4-9,11,25H,2-3,10,12,22H2,1H3;1-2H2;1-2H2;. The van der Waals surface area contributed by atoms with Gasteiger partial charge in [0.15, 0.2) is 9.84 Å². The molecule has 0 bridgehead atoms. The van der Waals surface area contributed by atoms with Crippen LogP contribution in [0.4, 0.5) is 5.69 Å². The van der Waals surface area contributed by atoms with Gasteiger partial charge in [0.25, 0.3) is 0 Å². The molecule has 7 nitrogen and oxygen atoms in total. The van der Waals surface area contributed by atoms with Crippen molar-refractivity contribution < 1.29 is 18.2 Å². The second kappa shape index (κ2) is 22.1. The third-order valence-electron chi connectivity index (χ3n) is 5.48. The number of sulfone groups is 1. The topological polar surface area (TPSA) is 126 Å². The number of aliphatic hydroxyl groups excluding tert-OH is 1. The van der Waals surface area contributed by atoms with E-state index in [2.05, 4.69) is 101 Å². The van der Waals surface area contributed by atoms with Gasteiger partial charge >= 0.3 is 11.3 Å². The second-order valence-corrected chi connectivity index (χ2v) is 12.7. The third kappa shape index (κ3) is 12.4. The maximum atomic E-state index is 12.9. The second-order valence-electron chi connectivity index (χ2n) is 8.49. The van der Waals surface area contributed by atoms with Gasteiger partial charge in [0.05, 0.1) is 18.0 Å². The molecule has 0 saturated carbocycles. The van der Waals surface area contributed by atoms with Gasteiger partial charge in [0.1, 0.15) is 19.7 Å². The van der Waals surface area contributed by atoms with Crippen LogP contribution in [0, 0.1) is 6.65 Å². The molecule has 0 atom stereocenters. The van der Waals surface area contributed by atoms with Crippen LogP contribution in [0.5, 0.6) is 0 Å². The Morgan fingerprint density at radius 2 is 1.49 bits per heavy atom. The molecule has 3 heterocycles. The van der Waals surface area contributed by atoms with E-state index in [4.69, 9.17) is 15.4 Å². The summed E-state index contributed by atoms with van der Waals surface area (Å²) in [7, 11) is -3.48. The summed E-state index contributed by atoms with van der Waals surface area (Å²) in [5.41, 5.74) is 36.3. The van der Waals surface area contributed by atoms with Gasteiger partial charge in [0.2, 0.25) is 0 Å². The number of rotatable bonds is 7. The molecule has 4 rings (SSSR count). The van der Waals surface area contributed by atoms with Gasteiger partial charge in [-0.1, -0.05) is 60.5 Å². The fraction of sp³-hybridized carbons (Fsp3) is 0.135. The maximum absolute atomic E-state index is 12.9. The van der Waals surface area contributed by atoms with Crippen LogP contribution in [0.15, 0.2) is 135 Å². The first-order valence-corrected chi connectivity index (χ1v) is 16.7. The first kappa shape index (κ1) is 39.5. The molecule has 0 fully saturated rings. The number of nitrogens with zero attached hydrogens (tertiary/aromatic N) is 2. The van der Waals surface area contributed by atoms with E-state index in [9.17, 15) is 13.5 Å². The fourth-order valence-corrected chi connectivity index (χ4v) is 7.24. The SMILES string of the molecule is C=C=C=C=C=C=C.C=C=C=C=C=C=C=C.CCCCS(=O)(=O)c1sc2nc(-c3nccs3)cc(-c3ccc(CO)cc3)c2c1N.[C-]#[O+]. The zero-order valence-electron chi connectivity index (χ0n) is 25.6. The van der Waals surface area contributed by atoms with Gasteiger partial charge in [-0.25, -0.2) is 18.4 Å². The number of aromatic nitrogens is 2. The van der Waals surface area contributed by atoms with Gasteiger partial charge < -0.3 is 10.8 Å². The van der Waals surface area contributed by atoms with E-state index in [1.54, 1.807) is 6.20 Å². The summed E-state index contributed by atoms with van der Waals surface area (Å²) in [5.74, 6) is 0.0698. The Labute approximate surface area is 282 Å². The van der Waals surface area contributed by atoms with Gasteiger partial charge in [-0.2, -0.15) is 0 Å². The van der Waals surface area contributed by atoms with Crippen molar-refractivity contribution >= 4 is 48.4 Å². The Morgan fingerprint density at radius 3 is 1.96 bits per heavy atom. The number of anilines is 1. The summed E-state index contributed by atoms with van der Waals surface area (Å²) < 4.78 is 33.5. The molecular weight excluding hydrogens is 647 g/mol. The van der Waals surface area contributed by atoms with Crippen molar-refractivity contribution in [1.82, 2.24) is 9.97 Å². The van der Waals surface area contributed by atoms with E-state index in [-0.39, 0.29) is 22.3 Å². The van der Waals surface area contributed by atoms with Crippen molar-refractivity contribution in [2.45, 2.75) is 30.6 Å². The first-order valence-electron chi connectivity index (χ1n) is 13.4. The summed E-state index contributed by atoms with van der Waals surface area (Å²) in [6.45, 7) is 19.4. The van der Waals surface area contributed by atoms with E-state index < -0.39 is 9.84 Å². The minimum absolute atomic E-state index is 0.0448. The Hall–Kier alpha value is -5.53. The number of hydrogen-bond donors (Lipinski definition) is 2. The first-order chi connectivity index (χ1) is 22.8. The molecule has 0 aliphatic heterocycles. The van der Waals surface area contributed by atoms with Crippen LogP contribution in [-0.4, -0.2) is 29.2 Å². The summed E-state index contributed by atoms with van der Waals surface area (Å²) in [5, 5.41) is 12.6. The summed E-state index contributed by atoms with van der Waals surface area (Å²) in [4.78, 5) is 9.63. The molecule has 47 heavy (non-hydrogen) atoms. The molecule has 10 heteroatoms. The minimum atomic E-state index is -3.48. The van der Waals surface area contributed by atoms with Crippen LogP contribution in [0.25, 0.3) is 32.0 Å². The molecule has 0 unspecified atom stereocenters. The van der Waals surface area contributed by atoms with Gasteiger partial charge in [-0.3, -0.25) is 0 Å². The van der Waals surface area contributed by atoms with Crippen molar-refractivity contribution in [2.75, 3.05) is 11.5 Å². The zero-order valence-corrected chi connectivity index (χ0v) is 28.0. The normalized spacial score (nSPS) is 8.77. The molecule has 0 spiro atoms. The number of hydrogen-bond acceptors (Lipinski definition) is 8. The van der Waals surface area contributed by atoms with Crippen LogP contribution >= 0.6 is 22.7 Å². The molecule has 0 saturated heterocycles. The molecule has 1 aromatic carbocycles. The van der Waals surface area contributed by atoms with Crippen molar-refractivity contribution in [3.8, 4) is 21.8 Å². The van der Waals surface area contributed by atoms with Crippen LogP contribution in [-0.2, 0) is 21.1 Å². The molecule has 0 amide bonds. The molecule has 0 aliphatic carbocycles. The number of benzene rings is 1. The predicted molar refractivity (Wildman–Crippen MR) is 189 cm³/mol. The Bertz CT molecular complexity index is 2160. The van der Waals surface area contributed by atoms with Crippen molar-refractivity contribution in [3.63, 3.8) is 0 Å². The fourth-order valence-electron chi connectivity index (χ4n) is 3.51. The summed E-state index contributed by atoms with van der Waals surface area (Å²) in [6.07, 6.45) is 3.09. The quantitative estimate of drug-likeness (QED) is 0.116. The van der Waals surface area contributed by atoms with E-state index in [1.165, 1.54) is 11.3 Å². The van der Waals surface area contributed by atoms with Crippen LogP contribution in [0.3, 0.4) is 0 Å². The van der Waals surface area contributed by atoms with E-state index >= 15 is 0 Å². The van der Waals surface area contributed by atoms with Crippen molar-refractivity contribution in [3.05, 3.63) is 143 Å². The predicted octanol–water partition coefficient (Wildman–Crippen LogP) is 8.01. The van der Waals surface area contributed by atoms with Crippen LogP contribution < -0.4 is 5.73 Å². The van der Waals surface area contributed by atoms with Gasteiger partial charge in [0, 0.05) is 17.0 Å². The number of pyridine rings is 1. The van der Waals surface area contributed by atoms with Crippen LogP contribution in [0.2, 0.25) is 0 Å². The summed E-state index contributed by atoms with van der Waals surface area (Å²) in [6, 6.07) is 9.38. The molecule has 3 N–H and O–H groups in total. The molecule has 3 aromatic heterocycles. The molecule has 4 aromatic rings. The third-order valence-corrected chi connectivity index (χ3v) is 9.79. The molecule has 234 valence electrons. The number of aliphatic hydroxyl groups is 1. The number of thiazole rings is 1. The number of unbranched alkanes of at least 4 members (excludes halogenated alkanes) is 1. The Balaban J connectivity index is 0.000000539. The summed E-state index contributed by atoms with van der Waals surface area (Å²) >= 11 is 2.59. The van der Waals surface area contributed by atoms with Gasteiger partial charge in [-0.05, 0) is 95.6 Å². The van der Waals surface area contributed by atoms with Crippen molar-refractivity contribution in [2.24, 2.45) is 0 Å².